The van der Waals surface area contributed by atoms with Crippen LogP contribution in [0.3, 0.4) is 0 Å². The summed E-state index contributed by atoms with van der Waals surface area (Å²) in [6.07, 6.45) is 2.24. The summed E-state index contributed by atoms with van der Waals surface area (Å²) in [5.41, 5.74) is 0. The topological polar surface area (TPSA) is 9.23 Å². The van der Waals surface area contributed by atoms with Gasteiger partial charge in [-0.25, -0.2) is 8.78 Å². The first-order valence-electron chi connectivity index (χ1n) is 3.31. The minimum atomic E-state index is -1.48. The van der Waals surface area contributed by atoms with Crippen molar-refractivity contribution < 1.29 is 17.9 Å². The molecule has 1 nitrogen and oxygen atoms in total. The molecule has 0 atom stereocenters. The Labute approximate surface area is 67.8 Å². The van der Waals surface area contributed by atoms with E-state index >= 15 is 0 Å². The van der Waals surface area contributed by atoms with Gasteiger partial charge in [0.2, 0.25) is 5.83 Å². The van der Waals surface area contributed by atoms with Crippen molar-refractivity contribution >= 4 is 0 Å². The Hall–Kier alpha value is -1.19. The highest BCUT2D eigenvalue weighted by Crippen LogP contribution is 2.27. The molecule has 4 heteroatoms. The number of hydrogen-bond acceptors (Lipinski definition) is 1. The number of methoxy groups -OCH3 is 1. The molecule has 0 saturated carbocycles. The molecule has 0 saturated heterocycles. The highest BCUT2D eigenvalue weighted by molar-refractivity contribution is 5.33. The Kier molecular flexibility index (Phi) is 2.58. The van der Waals surface area contributed by atoms with Gasteiger partial charge in [0.15, 0.2) is 11.6 Å². The maximum Gasteiger partial charge on any atom is 0.203 e. The zero-order valence-electron chi connectivity index (χ0n) is 6.40. The molecule has 0 N–H and O–H groups in total. The number of ether oxygens (including phenoxy) is 1. The Morgan fingerprint density at radius 3 is 2.50 bits per heavy atom. The highest BCUT2D eigenvalue weighted by atomic mass is 19.2. The molecule has 0 aromatic heterocycles. The first kappa shape index (κ1) is 8.90. The fourth-order valence-electron chi connectivity index (χ4n) is 0.817. The molecule has 0 aromatic carbocycles. The van der Waals surface area contributed by atoms with Gasteiger partial charge in [-0.05, 0) is 6.08 Å². The molecule has 12 heavy (non-hydrogen) atoms. The molecule has 0 fully saturated rings. The molecule has 1 rings (SSSR count). The summed E-state index contributed by atoms with van der Waals surface area (Å²) in [5, 5.41) is 0. The molecule has 0 aliphatic heterocycles. The zero-order chi connectivity index (χ0) is 9.14. The van der Waals surface area contributed by atoms with Gasteiger partial charge in [-0.3, -0.25) is 0 Å². The van der Waals surface area contributed by atoms with Gasteiger partial charge in [0.05, 0.1) is 7.11 Å². The summed E-state index contributed by atoms with van der Waals surface area (Å²) < 4.78 is 42.4. The van der Waals surface area contributed by atoms with E-state index in [9.17, 15) is 13.2 Å². The Morgan fingerprint density at radius 1 is 1.25 bits per heavy atom. The number of hydrogen-bond donors (Lipinski definition) is 0. The van der Waals surface area contributed by atoms with E-state index in [1.165, 1.54) is 19.3 Å². The fourth-order valence-corrected chi connectivity index (χ4v) is 0.817. The van der Waals surface area contributed by atoms with Crippen molar-refractivity contribution in [1.29, 1.82) is 0 Å². The number of rotatable bonds is 1. The van der Waals surface area contributed by atoms with Crippen LogP contribution in [0.1, 0.15) is 6.42 Å². The van der Waals surface area contributed by atoms with Crippen LogP contribution >= 0.6 is 0 Å². The normalized spacial score (nSPS) is 18.3. The molecular formula is C8H7F3O. The van der Waals surface area contributed by atoms with Gasteiger partial charge in [0.25, 0.3) is 0 Å². The summed E-state index contributed by atoms with van der Waals surface area (Å²) >= 11 is 0. The predicted octanol–water partition coefficient (Wildman–Crippen LogP) is 2.92. The van der Waals surface area contributed by atoms with Crippen LogP contribution in [0.4, 0.5) is 13.2 Å². The van der Waals surface area contributed by atoms with Crippen LogP contribution in [0.2, 0.25) is 0 Å². The lowest BCUT2D eigenvalue weighted by atomic mass is 10.3. The standard InChI is InChI=1S/C8H7F3O/c1-12-6-4-2-3-5(9)7(10)8(6)11/h2,4H,3H2,1H3. The maximum atomic E-state index is 12.8. The van der Waals surface area contributed by atoms with E-state index in [0.717, 1.165) is 0 Å². The molecular weight excluding hydrogens is 169 g/mol. The van der Waals surface area contributed by atoms with Crippen molar-refractivity contribution in [2.24, 2.45) is 0 Å². The van der Waals surface area contributed by atoms with Crippen LogP contribution in [0.25, 0.3) is 0 Å². The van der Waals surface area contributed by atoms with Crippen LogP contribution < -0.4 is 0 Å². The SMILES string of the molecule is COC1=C(F)C(F)=C(F)CC=C1. The molecule has 1 aliphatic rings. The van der Waals surface area contributed by atoms with Gasteiger partial charge in [0.1, 0.15) is 5.83 Å². The van der Waals surface area contributed by atoms with E-state index in [1.54, 1.807) is 0 Å². The van der Waals surface area contributed by atoms with Crippen molar-refractivity contribution in [3.63, 3.8) is 0 Å². The van der Waals surface area contributed by atoms with Crippen LogP contribution in [-0.2, 0) is 4.74 Å². The summed E-state index contributed by atoms with van der Waals surface area (Å²) in [5.74, 6) is -4.17. The molecule has 0 spiro atoms. The Balaban J connectivity index is 3.13. The highest BCUT2D eigenvalue weighted by Gasteiger charge is 2.17. The molecule has 0 aromatic rings. The summed E-state index contributed by atoms with van der Waals surface area (Å²) in [7, 11) is 1.19. The van der Waals surface area contributed by atoms with Crippen LogP contribution in [0.15, 0.2) is 35.4 Å². The van der Waals surface area contributed by atoms with E-state index < -0.39 is 17.5 Å². The number of halogens is 3. The second-order valence-electron chi connectivity index (χ2n) is 2.21. The van der Waals surface area contributed by atoms with E-state index in [-0.39, 0.29) is 12.2 Å². The van der Waals surface area contributed by atoms with Gasteiger partial charge in [-0.2, -0.15) is 4.39 Å². The largest absolute Gasteiger partial charge is 0.494 e. The first-order valence-corrected chi connectivity index (χ1v) is 3.31. The van der Waals surface area contributed by atoms with Crippen LogP contribution in [0, 0.1) is 0 Å². The Morgan fingerprint density at radius 2 is 1.92 bits per heavy atom. The van der Waals surface area contributed by atoms with Gasteiger partial charge < -0.3 is 4.74 Å². The predicted molar refractivity (Wildman–Crippen MR) is 38.1 cm³/mol. The average molecular weight is 176 g/mol. The molecule has 0 amide bonds. The summed E-state index contributed by atoms with van der Waals surface area (Å²) in [6, 6.07) is 0. The first-order chi connectivity index (χ1) is 5.66. The Bertz CT molecular complexity index is 276. The average Bonchev–Trinajstić information content (AvgIpc) is 2.19. The van der Waals surface area contributed by atoms with E-state index in [2.05, 4.69) is 4.74 Å². The summed E-state index contributed by atoms with van der Waals surface area (Å²) in [6.45, 7) is 0. The van der Waals surface area contributed by atoms with Crippen LogP contribution in [0.5, 0.6) is 0 Å². The van der Waals surface area contributed by atoms with Gasteiger partial charge in [0, 0.05) is 6.42 Å². The van der Waals surface area contributed by atoms with E-state index in [0.29, 0.717) is 0 Å². The quantitative estimate of drug-likeness (QED) is 0.596. The van der Waals surface area contributed by atoms with Crippen molar-refractivity contribution in [2.45, 2.75) is 6.42 Å². The fraction of sp³-hybridized carbons (Fsp3) is 0.250. The minimum Gasteiger partial charge on any atom is -0.494 e. The molecule has 0 radical (unpaired) electrons. The lowest BCUT2D eigenvalue weighted by Gasteiger charge is -1.99. The van der Waals surface area contributed by atoms with Crippen molar-refractivity contribution in [2.75, 3.05) is 7.11 Å². The number of allylic oxidation sites excluding steroid dienone is 5. The lowest BCUT2D eigenvalue weighted by molar-refractivity contribution is 0.288. The van der Waals surface area contributed by atoms with Crippen molar-refractivity contribution in [1.82, 2.24) is 0 Å². The third-order valence-electron chi connectivity index (χ3n) is 1.43. The molecule has 0 bridgehead atoms. The van der Waals surface area contributed by atoms with Crippen LogP contribution in [-0.4, -0.2) is 7.11 Å². The van der Waals surface area contributed by atoms with E-state index in [1.807, 2.05) is 0 Å². The van der Waals surface area contributed by atoms with Crippen molar-refractivity contribution in [3.05, 3.63) is 35.4 Å². The van der Waals surface area contributed by atoms with Gasteiger partial charge >= 0.3 is 0 Å². The summed E-state index contributed by atoms with van der Waals surface area (Å²) in [4.78, 5) is 0. The monoisotopic (exact) mass is 176 g/mol. The lowest BCUT2D eigenvalue weighted by Crippen LogP contribution is -1.87. The van der Waals surface area contributed by atoms with Gasteiger partial charge in [-0.15, -0.1) is 0 Å². The third kappa shape index (κ3) is 1.52. The zero-order valence-corrected chi connectivity index (χ0v) is 6.40. The second-order valence-corrected chi connectivity index (χ2v) is 2.21. The van der Waals surface area contributed by atoms with Crippen molar-refractivity contribution in [3.8, 4) is 0 Å². The minimum absolute atomic E-state index is 0.244. The molecule has 0 heterocycles. The molecule has 1 aliphatic carbocycles. The van der Waals surface area contributed by atoms with E-state index in [4.69, 9.17) is 0 Å². The third-order valence-corrected chi connectivity index (χ3v) is 1.43. The van der Waals surface area contributed by atoms with Gasteiger partial charge in [-0.1, -0.05) is 6.08 Å². The maximum absolute atomic E-state index is 12.8. The molecule has 0 unspecified atom stereocenters. The second kappa shape index (κ2) is 3.47. The molecule has 66 valence electrons. The smallest absolute Gasteiger partial charge is 0.203 e.